The van der Waals surface area contributed by atoms with Crippen LogP contribution in [0.1, 0.15) is 5.76 Å². The summed E-state index contributed by atoms with van der Waals surface area (Å²) >= 11 is 0. The Hall–Kier alpha value is -1.33. The molecule has 0 aliphatic carbocycles. The second-order valence-corrected chi connectivity index (χ2v) is 5.50. The Kier molecular flexibility index (Phi) is 2.98. The van der Waals surface area contributed by atoms with Crippen molar-refractivity contribution in [1.82, 2.24) is 4.72 Å². The van der Waals surface area contributed by atoms with Crippen LogP contribution in [0, 0.1) is 0 Å². The molecular weight excluding hydrogens is 226 g/mol. The molecule has 1 aromatic heterocycles. The Bertz CT molecular complexity index is 553. The molecule has 4 nitrogen and oxygen atoms in total. The number of furan rings is 1. The summed E-state index contributed by atoms with van der Waals surface area (Å²) < 4.78 is 29.7. The van der Waals surface area contributed by atoms with Crippen molar-refractivity contribution in [2.45, 2.75) is 6.42 Å². The molecule has 0 aliphatic rings. The highest BCUT2D eigenvalue weighted by molar-refractivity contribution is 7.88. The van der Waals surface area contributed by atoms with Crippen molar-refractivity contribution in [1.29, 1.82) is 0 Å². The van der Waals surface area contributed by atoms with E-state index in [0.29, 0.717) is 13.0 Å². The van der Waals surface area contributed by atoms with Crippen molar-refractivity contribution in [3.8, 4) is 0 Å². The van der Waals surface area contributed by atoms with E-state index < -0.39 is 10.0 Å². The van der Waals surface area contributed by atoms with Gasteiger partial charge in [-0.15, -0.1) is 0 Å². The highest BCUT2D eigenvalue weighted by Crippen LogP contribution is 2.18. The van der Waals surface area contributed by atoms with Gasteiger partial charge >= 0.3 is 0 Å². The third kappa shape index (κ3) is 2.84. The Morgan fingerprint density at radius 3 is 2.75 bits per heavy atom. The van der Waals surface area contributed by atoms with Gasteiger partial charge < -0.3 is 4.42 Å². The quantitative estimate of drug-likeness (QED) is 0.880. The monoisotopic (exact) mass is 239 g/mol. The number of hydrogen-bond acceptors (Lipinski definition) is 3. The number of sulfonamides is 1. The van der Waals surface area contributed by atoms with Gasteiger partial charge in [-0.3, -0.25) is 0 Å². The van der Waals surface area contributed by atoms with E-state index in [2.05, 4.69) is 4.72 Å². The Morgan fingerprint density at radius 2 is 2.06 bits per heavy atom. The van der Waals surface area contributed by atoms with Crippen molar-refractivity contribution in [3.05, 3.63) is 36.1 Å². The number of benzene rings is 1. The number of hydrogen-bond donors (Lipinski definition) is 1. The Labute approximate surface area is 94.3 Å². The molecule has 0 bridgehead atoms. The van der Waals surface area contributed by atoms with Crippen molar-refractivity contribution in [2.75, 3.05) is 12.8 Å². The van der Waals surface area contributed by atoms with Crippen LogP contribution < -0.4 is 4.72 Å². The van der Waals surface area contributed by atoms with Gasteiger partial charge in [0, 0.05) is 18.4 Å². The first-order valence-corrected chi connectivity index (χ1v) is 6.86. The molecular formula is C11H13NO3S. The number of para-hydroxylation sites is 1. The lowest BCUT2D eigenvalue weighted by atomic mass is 10.2. The van der Waals surface area contributed by atoms with Gasteiger partial charge in [-0.2, -0.15) is 0 Å². The summed E-state index contributed by atoms with van der Waals surface area (Å²) in [4.78, 5) is 0. The molecule has 0 atom stereocenters. The lowest BCUT2D eigenvalue weighted by molar-refractivity contribution is 0.541. The van der Waals surface area contributed by atoms with Crippen molar-refractivity contribution < 1.29 is 12.8 Å². The van der Waals surface area contributed by atoms with Gasteiger partial charge in [-0.1, -0.05) is 18.2 Å². The van der Waals surface area contributed by atoms with Crippen LogP contribution in [0.3, 0.4) is 0 Å². The first kappa shape index (κ1) is 11.2. The minimum absolute atomic E-state index is 0.360. The average molecular weight is 239 g/mol. The maximum atomic E-state index is 10.9. The second kappa shape index (κ2) is 4.27. The van der Waals surface area contributed by atoms with Crippen LogP contribution in [0.4, 0.5) is 0 Å². The van der Waals surface area contributed by atoms with Gasteiger partial charge in [0.15, 0.2) is 0 Å². The van der Waals surface area contributed by atoms with Gasteiger partial charge in [-0.25, -0.2) is 13.1 Å². The maximum Gasteiger partial charge on any atom is 0.208 e. The normalized spacial score (nSPS) is 12.1. The molecule has 0 unspecified atom stereocenters. The molecule has 16 heavy (non-hydrogen) atoms. The number of rotatable bonds is 4. The largest absolute Gasteiger partial charge is 0.461 e. The zero-order chi connectivity index (χ0) is 11.6. The summed E-state index contributed by atoms with van der Waals surface area (Å²) in [7, 11) is -3.12. The van der Waals surface area contributed by atoms with Crippen LogP contribution >= 0.6 is 0 Å². The highest BCUT2D eigenvalue weighted by Gasteiger charge is 2.04. The molecule has 1 heterocycles. The van der Waals surface area contributed by atoms with Crippen LogP contribution in [-0.2, 0) is 16.4 Å². The second-order valence-electron chi connectivity index (χ2n) is 3.67. The minimum atomic E-state index is -3.12. The third-order valence-electron chi connectivity index (χ3n) is 2.21. The van der Waals surface area contributed by atoms with Crippen LogP contribution in [0.15, 0.2) is 34.7 Å². The molecule has 5 heteroatoms. The molecule has 0 radical (unpaired) electrons. The van der Waals surface area contributed by atoms with E-state index in [1.165, 1.54) is 0 Å². The number of fused-ring (bicyclic) bond motifs is 1. The lowest BCUT2D eigenvalue weighted by Gasteiger charge is -1.98. The summed E-state index contributed by atoms with van der Waals surface area (Å²) in [5.74, 6) is 0.789. The minimum Gasteiger partial charge on any atom is -0.461 e. The smallest absolute Gasteiger partial charge is 0.208 e. The molecule has 2 aromatic rings. The molecule has 0 fully saturated rings. The molecule has 2 rings (SSSR count). The first-order chi connectivity index (χ1) is 7.54. The fourth-order valence-corrected chi connectivity index (χ4v) is 1.99. The molecule has 0 saturated heterocycles. The summed E-state index contributed by atoms with van der Waals surface area (Å²) in [5.41, 5.74) is 0.830. The van der Waals surface area contributed by atoms with E-state index in [1.54, 1.807) is 0 Å². The Balaban J connectivity index is 2.05. The molecule has 86 valence electrons. The van der Waals surface area contributed by atoms with Gasteiger partial charge in [0.25, 0.3) is 0 Å². The molecule has 0 spiro atoms. The molecule has 0 aliphatic heterocycles. The van der Waals surface area contributed by atoms with E-state index in [1.807, 2.05) is 30.3 Å². The SMILES string of the molecule is CS(=O)(=O)NCCc1cc2ccccc2o1. The first-order valence-electron chi connectivity index (χ1n) is 4.97. The maximum absolute atomic E-state index is 10.9. The van der Waals surface area contributed by atoms with E-state index in [0.717, 1.165) is 23.0 Å². The average Bonchev–Trinajstić information content (AvgIpc) is 2.57. The molecule has 0 saturated carbocycles. The summed E-state index contributed by atoms with van der Waals surface area (Å²) in [6.07, 6.45) is 1.70. The van der Waals surface area contributed by atoms with Gasteiger partial charge in [0.1, 0.15) is 11.3 Å². The lowest BCUT2D eigenvalue weighted by Crippen LogP contribution is -2.24. The molecule has 1 N–H and O–H groups in total. The Morgan fingerprint density at radius 1 is 1.31 bits per heavy atom. The standard InChI is InChI=1S/C11H13NO3S/c1-16(13,14)12-7-6-10-8-9-4-2-3-5-11(9)15-10/h2-5,8,12H,6-7H2,1H3. The van der Waals surface area contributed by atoms with Gasteiger partial charge in [0.2, 0.25) is 10.0 Å². The fourth-order valence-electron chi connectivity index (χ4n) is 1.52. The summed E-state index contributed by atoms with van der Waals surface area (Å²) in [6, 6.07) is 9.63. The van der Waals surface area contributed by atoms with Crippen molar-refractivity contribution >= 4 is 21.0 Å². The van der Waals surface area contributed by atoms with E-state index >= 15 is 0 Å². The summed E-state index contributed by atoms with van der Waals surface area (Å²) in [5, 5.41) is 1.04. The van der Waals surface area contributed by atoms with E-state index in [-0.39, 0.29) is 0 Å². The zero-order valence-corrected chi connectivity index (χ0v) is 9.75. The number of nitrogens with one attached hydrogen (secondary N) is 1. The third-order valence-corrected chi connectivity index (χ3v) is 2.94. The van der Waals surface area contributed by atoms with Crippen LogP contribution in [-0.4, -0.2) is 21.2 Å². The van der Waals surface area contributed by atoms with E-state index in [9.17, 15) is 8.42 Å². The molecule has 0 amide bonds. The van der Waals surface area contributed by atoms with Crippen LogP contribution in [0.2, 0.25) is 0 Å². The van der Waals surface area contributed by atoms with E-state index in [4.69, 9.17) is 4.42 Å². The predicted molar refractivity (Wildman–Crippen MR) is 62.8 cm³/mol. The van der Waals surface area contributed by atoms with Crippen LogP contribution in [0.5, 0.6) is 0 Å². The van der Waals surface area contributed by atoms with Crippen molar-refractivity contribution in [3.63, 3.8) is 0 Å². The van der Waals surface area contributed by atoms with Crippen LogP contribution in [0.25, 0.3) is 11.0 Å². The zero-order valence-electron chi connectivity index (χ0n) is 8.93. The summed E-state index contributed by atoms with van der Waals surface area (Å²) in [6.45, 7) is 0.360. The topological polar surface area (TPSA) is 59.3 Å². The van der Waals surface area contributed by atoms with Gasteiger partial charge in [0.05, 0.1) is 6.26 Å². The van der Waals surface area contributed by atoms with Crippen molar-refractivity contribution in [2.24, 2.45) is 0 Å². The highest BCUT2D eigenvalue weighted by atomic mass is 32.2. The molecule has 1 aromatic carbocycles. The fraction of sp³-hybridized carbons (Fsp3) is 0.273. The van der Waals surface area contributed by atoms with Gasteiger partial charge in [-0.05, 0) is 12.1 Å². The predicted octanol–water partition coefficient (Wildman–Crippen LogP) is 1.52.